The third kappa shape index (κ3) is 2.43. The molecule has 0 bridgehead atoms. The van der Waals surface area contributed by atoms with Gasteiger partial charge in [-0.05, 0) is 36.8 Å². The summed E-state index contributed by atoms with van der Waals surface area (Å²) in [6.45, 7) is 1.92. The van der Waals surface area contributed by atoms with Gasteiger partial charge in [-0.2, -0.15) is 0 Å². The van der Waals surface area contributed by atoms with E-state index in [4.69, 9.17) is 23.2 Å². The van der Waals surface area contributed by atoms with Crippen LogP contribution < -0.4 is 5.56 Å². The maximum absolute atomic E-state index is 12.8. The molecule has 0 fully saturated rings. The van der Waals surface area contributed by atoms with Gasteiger partial charge in [0.25, 0.3) is 5.56 Å². The van der Waals surface area contributed by atoms with Crippen LogP contribution >= 0.6 is 23.2 Å². The lowest BCUT2D eigenvalue weighted by Gasteiger charge is -2.14. The van der Waals surface area contributed by atoms with Crippen molar-refractivity contribution >= 4 is 34.1 Å². The van der Waals surface area contributed by atoms with E-state index >= 15 is 0 Å². The Morgan fingerprint density at radius 1 is 1.19 bits per heavy atom. The van der Waals surface area contributed by atoms with Crippen LogP contribution in [0.4, 0.5) is 0 Å². The number of rotatable bonds is 2. The van der Waals surface area contributed by atoms with Gasteiger partial charge in [-0.3, -0.25) is 9.36 Å². The molecule has 1 heterocycles. The summed E-state index contributed by atoms with van der Waals surface area (Å²) in [5.41, 5.74) is 2.15. The zero-order valence-corrected chi connectivity index (χ0v) is 12.8. The van der Waals surface area contributed by atoms with Gasteiger partial charge in [0.1, 0.15) is 5.82 Å². The van der Waals surface area contributed by atoms with Crippen LogP contribution in [0.3, 0.4) is 0 Å². The molecular weight excluding hydrogens is 307 g/mol. The van der Waals surface area contributed by atoms with Crippen molar-refractivity contribution in [1.29, 1.82) is 0 Å². The molecular formula is C16H12Cl2N2O. The summed E-state index contributed by atoms with van der Waals surface area (Å²) in [7, 11) is 0. The first-order valence-corrected chi connectivity index (χ1v) is 7.36. The molecule has 0 aliphatic rings. The van der Waals surface area contributed by atoms with Crippen molar-refractivity contribution in [2.75, 3.05) is 0 Å². The Kier molecular flexibility index (Phi) is 3.70. The third-order valence-electron chi connectivity index (χ3n) is 3.38. The van der Waals surface area contributed by atoms with Crippen molar-refractivity contribution in [2.24, 2.45) is 0 Å². The summed E-state index contributed by atoms with van der Waals surface area (Å²) >= 11 is 12.1. The fourth-order valence-corrected chi connectivity index (χ4v) is 2.69. The molecule has 0 unspecified atom stereocenters. The number of nitrogens with zero attached hydrogens (tertiary/aromatic N) is 2. The Bertz CT molecular complexity index is 887. The maximum atomic E-state index is 12.8. The number of para-hydroxylation sites is 1. The lowest BCUT2D eigenvalue weighted by atomic mass is 10.2. The smallest absolute Gasteiger partial charge is 0.266 e. The molecule has 3 rings (SSSR count). The second-order valence-corrected chi connectivity index (χ2v) is 5.45. The Morgan fingerprint density at radius 3 is 2.71 bits per heavy atom. The van der Waals surface area contributed by atoms with Crippen LogP contribution in [0.2, 0.25) is 5.02 Å². The second kappa shape index (κ2) is 5.51. The molecule has 0 aliphatic carbocycles. The first kappa shape index (κ1) is 14.1. The van der Waals surface area contributed by atoms with Crippen molar-refractivity contribution < 1.29 is 0 Å². The molecule has 2 aromatic carbocycles. The van der Waals surface area contributed by atoms with Crippen molar-refractivity contribution in [3.05, 3.63) is 69.2 Å². The van der Waals surface area contributed by atoms with Gasteiger partial charge in [-0.25, -0.2) is 4.98 Å². The molecule has 0 N–H and O–H groups in total. The summed E-state index contributed by atoms with van der Waals surface area (Å²) in [6.07, 6.45) is 0. The zero-order valence-electron chi connectivity index (χ0n) is 11.3. The van der Waals surface area contributed by atoms with Crippen LogP contribution in [-0.4, -0.2) is 9.55 Å². The predicted octanol–water partition coefficient (Wildman–Crippen LogP) is 4.09. The van der Waals surface area contributed by atoms with Gasteiger partial charge in [0.05, 0.1) is 22.5 Å². The van der Waals surface area contributed by atoms with Crippen LogP contribution in [0.5, 0.6) is 0 Å². The number of alkyl halides is 1. The van der Waals surface area contributed by atoms with Gasteiger partial charge < -0.3 is 0 Å². The van der Waals surface area contributed by atoms with Crippen molar-refractivity contribution in [3.63, 3.8) is 0 Å². The molecule has 0 radical (unpaired) electrons. The Balaban J connectivity index is 2.44. The fourth-order valence-electron chi connectivity index (χ4n) is 2.34. The largest absolute Gasteiger partial charge is 0.268 e. The number of aromatic nitrogens is 2. The summed E-state index contributed by atoms with van der Waals surface area (Å²) < 4.78 is 1.54. The minimum atomic E-state index is -0.137. The molecule has 106 valence electrons. The Morgan fingerprint density at radius 2 is 1.95 bits per heavy atom. The molecule has 0 aliphatic heterocycles. The normalized spacial score (nSPS) is 11.0. The first-order valence-electron chi connectivity index (χ1n) is 6.45. The average molecular weight is 319 g/mol. The Hall–Kier alpha value is -1.84. The van der Waals surface area contributed by atoms with E-state index in [2.05, 4.69) is 4.98 Å². The highest BCUT2D eigenvalue weighted by atomic mass is 35.5. The second-order valence-electron chi connectivity index (χ2n) is 4.75. The lowest BCUT2D eigenvalue weighted by molar-refractivity contribution is 0.875. The summed E-state index contributed by atoms with van der Waals surface area (Å²) in [6, 6.07) is 12.7. The molecule has 0 spiro atoms. The molecule has 1 aromatic heterocycles. The zero-order chi connectivity index (χ0) is 15.0. The number of hydrogen-bond donors (Lipinski definition) is 0. The average Bonchev–Trinajstić information content (AvgIpc) is 2.50. The lowest BCUT2D eigenvalue weighted by Crippen LogP contribution is -2.24. The quantitative estimate of drug-likeness (QED) is 0.667. The van der Waals surface area contributed by atoms with E-state index in [9.17, 15) is 4.79 Å². The minimum Gasteiger partial charge on any atom is -0.268 e. The van der Waals surface area contributed by atoms with E-state index in [1.54, 1.807) is 18.2 Å². The van der Waals surface area contributed by atoms with Crippen molar-refractivity contribution in [2.45, 2.75) is 12.8 Å². The van der Waals surface area contributed by atoms with E-state index in [0.717, 1.165) is 5.56 Å². The van der Waals surface area contributed by atoms with Gasteiger partial charge in [0.15, 0.2) is 0 Å². The monoisotopic (exact) mass is 318 g/mol. The van der Waals surface area contributed by atoms with Gasteiger partial charge in [0.2, 0.25) is 0 Å². The number of hydrogen-bond acceptors (Lipinski definition) is 2. The molecule has 21 heavy (non-hydrogen) atoms. The fraction of sp³-hybridized carbons (Fsp3) is 0.125. The highest BCUT2D eigenvalue weighted by Crippen LogP contribution is 2.21. The number of halogens is 2. The minimum absolute atomic E-state index is 0.137. The molecule has 3 nitrogen and oxygen atoms in total. The van der Waals surface area contributed by atoms with Gasteiger partial charge in [-0.1, -0.05) is 29.8 Å². The van der Waals surface area contributed by atoms with Gasteiger partial charge in [0, 0.05) is 5.02 Å². The molecule has 0 atom stereocenters. The summed E-state index contributed by atoms with van der Waals surface area (Å²) in [5, 5.41) is 1.13. The van der Waals surface area contributed by atoms with Crippen LogP contribution in [-0.2, 0) is 5.88 Å². The van der Waals surface area contributed by atoms with Gasteiger partial charge >= 0.3 is 0 Å². The van der Waals surface area contributed by atoms with Crippen molar-refractivity contribution in [1.82, 2.24) is 9.55 Å². The summed E-state index contributed by atoms with van der Waals surface area (Å²) in [4.78, 5) is 17.3. The topological polar surface area (TPSA) is 34.9 Å². The van der Waals surface area contributed by atoms with Crippen LogP contribution in [0.15, 0.2) is 47.3 Å². The standard InChI is InChI=1S/C16H12Cl2N2O/c1-10-6-7-11(18)8-14(10)20-15(9-17)19-13-5-3-2-4-12(13)16(20)21/h2-8H,9H2,1H3. The van der Waals surface area contributed by atoms with E-state index < -0.39 is 0 Å². The third-order valence-corrected chi connectivity index (χ3v) is 3.85. The molecule has 0 saturated heterocycles. The Labute approximate surface area is 131 Å². The first-order chi connectivity index (χ1) is 10.1. The number of aryl methyl sites for hydroxylation is 1. The van der Waals surface area contributed by atoms with Gasteiger partial charge in [-0.15, -0.1) is 11.6 Å². The highest BCUT2D eigenvalue weighted by Gasteiger charge is 2.13. The molecule has 5 heteroatoms. The predicted molar refractivity (Wildman–Crippen MR) is 86.6 cm³/mol. The van der Waals surface area contributed by atoms with E-state index in [1.165, 1.54) is 4.57 Å². The molecule has 0 saturated carbocycles. The number of benzene rings is 2. The maximum Gasteiger partial charge on any atom is 0.266 e. The molecule has 3 aromatic rings. The van der Waals surface area contributed by atoms with E-state index in [-0.39, 0.29) is 11.4 Å². The van der Waals surface area contributed by atoms with E-state index in [1.807, 2.05) is 31.2 Å². The van der Waals surface area contributed by atoms with E-state index in [0.29, 0.717) is 27.4 Å². The number of fused-ring (bicyclic) bond motifs is 1. The summed E-state index contributed by atoms with van der Waals surface area (Å²) in [5.74, 6) is 0.650. The highest BCUT2D eigenvalue weighted by molar-refractivity contribution is 6.30. The van der Waals surface area contributed by atoms with Crippen LogP contribution in [0.1, 0.15) is 11.4 Å². The molecule has 0 amide bonds. The van der Waals surface area contributed by atoms with Crippen LogP contribution in [0, 0.1) is 6.92 Å². The van der Waals surface area contributed by atoms with Crippen molar-refractivity contribution in [3.8, 4) is 5.69 Å². The SMILES string of the molecule is Cc1ccc(Cl)cc1-n1c(CCl)nc2ccccc2c1=O. The van der Waals surface area contributed by atoms with Crippen LogP contribution in [0.25, 0.3) is 16.6 Å².